The first-order valence-electron chi connectivity index (χ1n) is 11.5. The van der Waals surface area contributed by atoms with E-state index in [1.807, 2.05) is 59.6 Å². The van der Waals surface area contributed by atoms with Gasteiger partial charge in [0, 0.05) is 24.2 Å². The summed E-state index contributed by atoms with van der Waals surface area (Å²) in [6.07, 6.45) is 0. The number of hydrogen-bond donors (Lipinski definition) is 1. The number of H-pyrrole nitrogens is 1. The summed E-state index contributed by atoms with van der Waals surface area (Å²) in [5.41, 5.74) is 4.25. The smallest absolute Gasteiger partial charge is 0.261 e. The Balaban J connectivity index is 1.51. The molecule has 0 aliphatic carbocycles. The molecule has 2 aromatic heterocycles. The van der Waals surface area contributed by atoms with Crippen molar-refractivity contribution in [1.82, 2.24) is 24.9 Å². The Labute approximate surface area is 203 Å². The second kappa shape index (κ2) is 9.63. The molecule has 1 N–H and O–H groups in total. The van der Waals surface area contributed by atoms with E-state index in [0.717, 1.165) is 60.0 Å². The first kappa shape index (κ1) is 22.7. The zero-order chi connectivity index (χ0) is 24.4. The topological polar surface area (TPSA) is 99.1 Å². The van der Waals surface area contributed by atoms with Gasteiger partial charge in [-0.15, -0.1) is 5.11 Å². The number of aromatic amines is 1. The zero-order valence-corrected chi connectivity index (χ0v) is 20.0. The molecule has 178 valence electrons. The lowest BCUT2D eigenvalue weighted by Gasteiger charge is -2.29. The van der Waals surface area contributed by atoms with Crippen molar-refractivity contribution in [2.24, 2.45) is 10.3 Å². The number of likely N-dealkylation sites (N-methyl/N-ethyl adjacent to an activating group) is 1. The van der Waals surface area contributed by atoms with Crippen LogP contribution in [0.2, 0.25) is 0 Å². The molecule has 2 aromatic carbocycles. The highest BCUT2D eigenvalue weighted by Crippen LogP contribution is 2.31. The quantitative estimate of drug-likeness (QED) is 0.440. The normalized spacial score (nSPS) is 14.7. The van der Waals surface area contributed by atoms with Gasteiger partial charge in [-0.3, -0.25) is 9.80 Å². The number of hydrogen-bond acceptors (Lipinski definition) is 7. The molecule has 0 unspecified atom stereocenters. The Bertz CT molecular complexity index is 1420. The van der Waals surface area contributed by atoms with Crippen molar-refractivity contribution in [2.45, 2.75) is 6.92 Å². The second-order valence-electron chi connectivity index (χ2n) is 8.63. The fourth-order valence-electron chi connectivity index (χ4n) is 4.10. The number of methoxy groups -OCH3 is 1. The maximum Gasteiger partial charge on any atom is 0.261 e. The number of piperazine rings is 1. The van der Waals surface area contributed by atoms with Crippen LogP contribution in [0.1, 0.15) is 5.82 Å². The summed E-state index contributed by atoms with van der Waals surface area (Å²) < 4.78 is 5.29. The van der Waals surface area contributed by atoms with Crippen LogP contribution in [-0.4, -0.2) is 65.2 Å². The molecule has 0 atom stereocenters. The van der Waals surface area contributed by atoms with Crippen LogP contribution in [0.25, 0.3) is 33.4 Å². The van der Waals surface area contributed by atoms with Crippen molar-refractivity contribution in [3.8, 4) is 28.1 Å². The Morgan fingerprint density at radius 2 is 1.63 bits per heavy atom. The maximum absolute atomic E-state index is 12.8. The first-order chi connectivity index (χ1) is 17.0. The summed E-state index contributed by atoms with van der Waals surface area (Å²) >= 11 is 0. The van der Waals surface area contributed by atoms with Gasteiger partial charge in [-0.2, -0.15) is 0 Å². The summed E-state index contributed by atoms with van der Waals surface area (Å²) in [6, 6.07) is 17.3. The van der Waals surface area contributed by atoms with Gasteiger partial charge in [-0.1, -0.05) is 29.5 Å². The third kappa shape index (κ3) is 4.90. The van der Waals surface area contributed by atoms with Crippen LogP contribution in [-0.2, 0) is 0 Å². The van der Waals surface area contributed by atoms with Gasteiger partial charge < -0.3 is 14.6 Å². The van der Waals surface area contributed by atoms with Gasteiger partial charge in [0.2, 0.25) is 0 Å². The number of fused-ring (bicyclic) bond motifs is 1. The van der Waals surface area contributed by atoms with Crippen molar-refractivity contribution in [3.05, 3.63) is 70.8 Å². The van der Waals surface area contributed by atoms with Crippen LogP contribution in [0.5, 0.6) is 5.75 Å². The molecule has 9 heteroatoms. The average Bonchev–Trinajstić information content (AvgIpc) is 2.88. The minimum atomic E-state index is -0.211. The molecule has 0 amide bonds. The third-order valence-electron chi connectivity index (χ3n) is 6.13. The Hall–Kier alpha value is -4.11. The van der Waals surface area contributed by atoms with Gasteiger partial charge in [0.25, 0.3) is 5.56 Å². The molecule has 1 fully saturated rings. The van der Waals surface area contributed by atoms with Gasteiger partial charge in [0.1, 0.15) is 11.6 Å². The SMILES string of the molecule is COc1ccc(-c2cc(-c3ccc(N=NN4CCN(C)CC4)cc3)nc3nc(C)[nH]c(=O)c23)cc1. The van der Waals surface area contributed by atoms with Gasteiger partial charge in [-0.25, -0.2) is 9.97 Å². The Kier molecular flexibility index (Phi) is 6.24. The molecule has 1 aliphatic heterocycles. The standard InChI is InChI=1S/C26H27N7O2/c1-17-27-25-24(26(34)28-17)22(18-6-10-21(35-3)11-7-18)16-23(29-25)19-4-8-20(9-5-19)30-31-33-14-12-32(2)13-15-33/h4-11,16H,12-15H2,1-3H3,(H,27,28,29,34). The largest absolute Gasteiger partial charge is 0.497 e. The van der Waals surface area contributed by atoms with Crippen LogP contribution in [0.15, 0.2) is 69.7 Å². The average molecular weight is 470 g/mol. The third-order valence-corrected chi connectivity index (χ3v) is 6.13. The summed E-state index contributed by atoms with van der Waals surface area (Å²) in [4.78, 5) is 27.1. The number of ether oxygens (including phenoxy) is 1. The number of aryl methyl sites for hydroxylation is 1. The minimum Gasteiger partial charge on any atom is -0.497 e. The number of aromatic nitrogens is 3. The lowest BCUT2D eigenvalue weighted by molar-refractivity contribution is 0.150. The number of nitrogens with one attached hydrogen (secondary N) is 1. The zero-order valence-electron chi connectivity index (χ0n) is 20.0. The maximum atomic E-state index is 12.8. The summed E-state index contributed by atoms with van der Waals surface area (Å²) in [5.74, 6) is 1.27. The van der Waals surface area contributed by atoms with Crippen molar-refractivity contribution in [1.29, 1.82) is 0 Å². The molecule has 0 bridgehead atoms. The lowest BCUT2D eigenvalue weighted by atomic mass is 10.00. The van der Waals surface area contributed by atoms with E-state index < -0.39 is 0 Å². The highest BCUT2D eigenvalue weighted by Gasteiger charge is 2.15. The van der Waals surface area contributed by atoms with E-state index in [1.54, 1.807) is 14.0 Å². The Morgan fingerprint density at radius 3 is 2.31 bits per heavy atom. The first-order valence-corrected chi connectivity index (χ1v) is 11.5. The summed E-state index contributed by atoms with van der Waals surface area (Å²) in [5, 5.41) is 11.2. The van der Waals surface area contributed by atoms with Crippen molar-refractivity contribution in [3.63, 3.8) is 0 Å². The summed E-state index contributed by atoms with van der Waals surface area (Å²) in [7, 11) is 3.74. The van der Waals surface area contributed by atoms with Gasteiger partial charge in [0.05, 0.1) is 37.0 Å². The predicted octanol–water partition coefficient (Wildman–Crippen LogP) is 4.22. The van der Waals surface area contributed by atoms with Gasteiger partial charge in [-0.05, 0) is 49.9 Å². The molecule has 1 aliphatic rings. The highest BCUT2D eigenvalue weighted by atomic mass is 16.5. The van der Waals surface area contributed by atoms with Crippen LogP contribution < -0.4 is 10.3 Å². The highest BCUT2D eigenvalue weighted by molar-refractivity contribution is 5.94. The van der Waals surface area contributed by atoms with Crippen LogP contribution in [0.3, 0.4) is 0 Å². The minimum absolute atomic E-state index is 0.211. The predicted molar refractivity (Wildman–Crippen MR) is 136 cm³/mol. The molecule has 3 heterocycles. The van der Waals surface area contributed by atoms with E-state index in [2.05, 4.69) is 32.3 Å². The Morgan fingerprint density at radius 1 is 0.943 bits per heavy atom. The monoisotopic (exact) mass is 469 g/mol. The molecule has 1 saturated heterocycles. The van der Waals surface area contributed by atoms with Crippen LogP contribution >= 0.6 is 0 Å². The fraction of sp³-hybridized carbons (Fsp3) is 0.269. The number of nitrogens with zero attached hydrogens (tertiary/aromatic N) is 6. The van der Waals surface area contributed by atoms with Crippen LogP contribution in [0.4, 0.5) is 5.69 Å². The van der Waals surface area contributed by atoms with Crippen molar-refractivity contribution < 1.29 is 4.74 Å². The number of pyridine rings is 1. The van der Waals surface area contributed by atoms with E-state index in [4.69, 9.17) is 9.72 Å². The fourth-order valence-corrected chi connectivity index (χ4v) is 4.10. The molecule has 4 aromatic rings. The molecular formula is C26H27N7O2. The molecular weight excluding hydrogens is 442 g/mol. The van der Waals surface area contributed by atoms with E-state index in [1.165, 1.54) is 0 Å². The van der Waals surface area contributed by atoms with Crippen LogP contribution in [0, 0.1) is 6.92 Å². The molecule has 5 rings (SSSR count). The summed E-state index contributed by atoms with van der Waals surface area (Å²) in [6.45, 7) is 5.47. The van der Waals surface area contributed by atoms with E-state index in [-0.39, 0.29) is 5.56 Å². The van der Waals surface area contributed by atoms with Crippen molar-refractivity contribution in [2.75, 3.05) is 40.3 Å². The van der Waals surface area contributed by atoms with Gasteiger partial charge >= 0.3 is 0 Å². The van der Waals surface area contributed by atoms with E-state index in [9.17, 15) is 4.79 Å². The van der Waals surface area contributed by atoms with E-state index in [0.29, 0.717) is 16.9 Å². The molecule has 9 nitrogen and oxygen atoms in total. The molecule has 0 saturated carbocycles. The van der Waals surface area contributed by atoms with Gasteiger partial charge in [0.15, 0.2) is 5.65 Å². The number of rotatable bonds is 5. The lowest BCUT2D eigenvalue weighted by Crippen LogP contribution is -2.41. The number of benzene rings is 2. The molecule has 0 spiro atoms. The molecule has 0 radical (unpaired) electrons. The molecule has 35 heavy (non-hydrogen) atoms. The second-order valence-corrected chi connectivity index (χ2v) is 8.63. The van der Waals surface area contributed by atoms with Crippen molar-refractivity contribution >= 4 is 16.7 Å². The van der Waals surface area contributed by atoms with E-state index >= 15 is 0 Å².